The Morgan fingerprint density at radius 3 is 2.36 bits per heavy atom. The maximum atomic E-state index is 5.69. The summed E-state index contributed by atoms with van der Waals surface area (Å²) < 4.78 is 0. The molecule has 1 nitrogen and oxygen atoms in total. The topological polar surface area (TPSA) is 3.24 Å². The van der Waals surface area contributed by atoms with Crippen LogP contribution in [-0.4, -0.2) is 7.05 Å². The van der Waals surface area contributed by atoms with E-state index >= 15 is 0 Å². The highest BCUT2D eigenvalue weighted by atomic mass is 35.5. The van der Waals surface area contributed by atoms with Crippen molar-refractivity contribution in [3.63, 3.8) is 0 Å². The van der Waals surface area contributed by atoms with E-state index in [9.17, 15) is 0 Å². The molecule has 11 heavy (non-hydrogen) atoms. The Bertz CT molecular complexity index is 271. The van der Waals surface area contributed by atoms with Crippen molar-refractivity contribution < 1.29 is 0 Å². The van der Waals surface area contributed by atoms with Crippen molar-refractivity contribution in [1.29, 1.82) is 0 Å². The van der Waals surface area contributed by atoms with Gasteiger partial charge in [0.1, 0.15) is 0 Å². The standard InChI is InChI=1S/C9H8ClN/c1-3-11(2)9-6-4-8(10)5-7-9/h1,4-7H,2H3. The smallest absolute Gasteiger partial charge is 0.0486 e. The first-order valence-corrected chi connectivity index (χ1v) is 3.57. The minimum Gasteiger partial charge on any atom is -0.305 e. The molecule has 1 aromatic carbocycles. The summed E-state index contributed by atoms with van der Waals surface area (Å²) in [5.41, 5.74) is 0.969. The normalized spacial score (nSPS) is 8.82. The van der Waals surface area contributed by atoms with Crippen molar-refractivity contribution in [3.8, 4) is 12.5 Å². The fraction of sp³-hybridized carbons (Fsp3) is 0.111. The minimum absolute atomic E-state index is 0.721. The summed E-state index contributed by atoms with van der Waals surface area (Å²) in [5, 5.41) is 0.721. The van der Waals surface area contributed by atoms with Crippen LogP contribution in [0.5, 0.6) is 0 Å². The Kier molecular flexibility index (Phi) is 2.40. The lowest BCUT2D eigenvalue weighted by molar-refractivity contribution is 1.25. The Labute approximate surface area is 71.6 Å². The van der Waals surface area contributed by atoms with Crippen molar-refractivity contribution in [2.45, 2.75) is 0 Å². The van der Waals surface area contributed by atoms with Gasteiger partial charge in [-0.1, -0.05) is 18.0 Å². The van der Waals surface area contributed by atoms with Crippen molar-refractivity contribution in [1.82, 2.24) is 0 Å². The summed E-state index contributed by atoms with van der Waals surface area (Å²) >= 11 is 5.69. The largest absolute Gasteiger partial charge is 0.305 e. The van der Waals surface area contributed by atoms with Gasteiger partial charge < -0.3 is 4.90 Å². The molecule has 0 spiro atoms. The second-order valence-corrected chi connectivity index (χ2v) is 2.60. The first kappa shape index (κ1) is 7.97. The van der Waals surface area contributed by atoms with Gasteiger partial charge in [-0.05, 0) is 24.3 Å². The van der Waals surface area contributed by atoms with Crippen LogP contribution in [0.25, 0.3) is 0 Å². The second-order valence-electron chi connectivity index (χ2n) is 2.16. The number of rotatable bonds is 1. The van der Waals surface area contributed by atoms with E-state index in [1.807, 2.05) is 31.3 Å². The summed E-state index contributed by atoms with van der Waals surface area (Å²) in [6.45, 7) is 0. The van der Waals surface area contributed by atoms with Gasteiger partial charge in [-0.15, -0.1) is 0 Å². The molecule has 0 saturated carbocycles. The van der Waals surface area contributed by atoms with Gasteiger partial charge in [-0.2, -0.15) is 0 Å². The molecule has 0 amide bonds. The third-order valence-electron chi connectivity index (χ3n) is 1.41. The van der Waals surface area contributed by atoms with Gasteiger partial charge in [0.2, 0.25) is 0 Å². The lowest BCUT2D eigenvalue weighted by Gasteiger charge is -2.09. The Balaban J connectivity index is 2.92. The van der Waals surface area contributed by atoms with Crippen molar-refractivity contribution in [2.24, 2.45) is 0 Å². The number of terminal acetylenes is 1. The molecule has 0 aliphatic heterocycles. The summed E-state index contributed by atoms with van der Waals surface area (Å²) in [5.74, 6) is 0. The van der Waals surface area contributed by atoms with Crippen LogP contribution in [0.15, 0.2) is 24.3 Å². The van der Waals surface area contributed by atoms with E-state index in [-0.39, 0.29) is 0 Å². The number of anilines is 1. The monoisotopic (exact) mass is 165 g/mol. The molecule has 0 saturated heterocycles. The Morgan fingerprint density at radius 2 is 1.91 bits per heavy atom. The molecule has 2 heteroatoms. The average molecular weight is 166 g/mol. The summed E-state index contributed by atoms with van der Waals surface area (Å²) in [7, 11) is 1.82. The quantitative estimate of drug-likeness (QED) is 0.456. The van der Waals surface area contributed by atoms with Gasteiger partial charge in [0.15, 0.2) is 0 Å². The molecule has 0 fully saturated rings. The highest BCUT2D eigenvalue weighted by Crippen LogP contribution is 2.15. The molecule has 0 atom stereocenters. The van der Waals surface area contributed by atoms with Crippen molar-refractivity contribution >= 4 is 17.3 Å². The SMILES string of the molecule is C#CN(C)c1ccc(Cl)cc1. The van der Waals surface area contributed by atoms with Crippen LogP contribution in [0.2, 0.25) is 5.02 Å². The van der Waals surface area contributed by atoms with E-state index in [0.717, 1.165) is 10.7 Å². The highest BCUT2D eigenvalue weighted by molar-refractivity contribution is 6.30. The first-order valence-electron chi connectivity index (χ1n) is 3.19. The van der Waals surface area contributed by atoms with Crippen LogP contribution in [0.4, 0.5) is 5.69 Å². The van der Waals surface area contributed by atoms with Gasteiger partial charge in [-0.3, -0.25) is 0 Å². The zero-order valence-electron chi connectivity index (χ0n) is 6.21. The molecule has 1 aromatic rings. The zero-order chi connectivity index (χ0) is 8.27. The molecule has 0 aliphatic carbocycles. The molecule has 0 radical (unpaired) electrons. The fourth-order valence-electron chi connectivity index (χ4n) is 0.739. The number of hydrogen-bond donors (Lipinski definition) is 0. The van der Waals surface area contributed by atoms with Crippen LogP contribution in [0.1, 0.15) is 0 Å². The number of nitrogens with zero attached hydrogens (tertiary/aromatic N) is 1. The first-order chi connectivity index (χ1) is 5.24. The third-order valence-corrected chi connectivity index (χ3v) is 1.66. The fourth-order valence-corrected chi connectivity index (χ4v) is 0.865. The van der Waals surface area contributed by atoms with Crippen molar-refractivity contribution in [2.75, 3.05) is 11.9 Å². The predicted octanol–water partition coefficient (Wildman–Crippen LogP) is 2.37. The zero-order valence-corrected chi connectivity index (χ0v) is 6.97. The van der Waals surface area contributed by atoms with E-state index in [0.29, 0.717) is 0 Å². The Hall–Kier alpha value is -1.13. The van der Waals surface area contributed by atoms with E-state index in [1.165, 1.54) is 0 Å². The lowest BCUT2D eigenvalue weighted by Crippen LogP contribution is -2.07. The summed E-state index contributed by atoms with van der Waals surface area (Å²) in [6.07, 6.45) is 5.19. The predicted molar refractivity (Wildman–Crippen MR) is 48.7 cm³/mol. The van der Waals surface area contributed by atoms with Crippen LogP contribution in [0.3, 0.4) is 0 Å². The van der Waals surface area contributed by atoms with Crippen LogP contribution in [-0.2, 0) is 0 Å². The van der Waals surface area contributed by atoms with Crippen LogP contribution >= 0.6 is 11.6 Å². The molecular weight excluding hydrogens is 158 g/mol. The molecule has 0 bridgehead atoms. The summed E-state index contributed by atoms with van der Waals surface area (Å²) in [4.78, 5) is 1.69. The molecule has 0 aliphatic rings. The van der Waals surface area contributed by atoms with E-state index < -0.39 is 0 Å². The maximum Gasteiger partial charge on any atom is 0.0486 e. The van der Waals surface area contributed by atoms with E-state index in [4.69, 9.17) is 18.0 Å². The Morgan fingerprint density at radius 1 is 1.36 bits per heavy atom. The molecule has 56 valence electrons. The maximum absolute atomic E-state index is 5.69. The van der Waals surface area contributed by atoms with E-state index in [2.05, 4.69) is 6.04 Å². The van der Waals surface area contributed by atoms with Crippen LogP contribution < -0.4 is 4.90 Å². The third kappa shape index (κ3) is 1.89. The van der Waals surface area contributed by atoms with E-state index in [1.54, 1.807) is 4.90 Å². The van der Waals surface area contributed by atoms with Gasteiger partial charge in [0.25, 0.3) is 0 Å². The molecule has 1 rings (SSSR count). The molecular formula is C9H8ClN. The molecule has 0 unspecified atom stereocenters. The van der Waals surface area contributed by atoms with Crippen molar-refractivity contribution in [3.05, 3.63) is 29.3 Å². The molecule has 0 heterocycles. The average Bonchev–Trinajstić information content (AvgIpc) is 2.05. The number of hydrogen-bond acceptors (Lipinski definition) is 1. The van der Waals surface area contributed by atoms with Gasteiger partial charge in [-0.25, -0.2) is 0 Å². The second kappa shape index (κ2) is 3.32. The van der Waals surface area contributed by atoms with Crippen LogP contribution in [0, 0.1) is 12.5 Å². The number of halogens is 1. The van der Waals surface area contributed by atoms with Gasteiger partial charge in [0, 0.05) is 23.8 Å². The summed E-state index contributed by atoms with van der Waals surface area (Å²) in [6, 6.07) is 9.87. The minimum atomic E-state index is 0.721. The number of benzene rings is 1. The molecule has 0 aromatic heterocycles. The molecule has 0 N–H and O–H groups in total. The van der Waals surface area contributed by atoms with Gasteiger partial charge in [0.05, 0.1) is 0 Å². The van der Waals surface area contributed by atoms with Gasteiger partial charge >= 0.3 is 0 Å². The highest BCUT2D eigenvalue weighted by Gasteiger charge is 1.94. The lowest BCUT2D eigenvalue weighted by atomic mass is 10.3.